The van der Waals surface area contributed by atoms with Crippen molar-refractivity contribution in [3.8, 4) is 0 Å². The zero-order chi connectivity index (χ0) is 17.3. The summed E-state index contributed by atoms with van der Waals surface area (Å²) in [6.07, 6.45) is 5.84. The second-order valence-corrected chi connectivity index (χ2v) is 7.39. The second kappa shape index (κ2) is 6.52. The molecule has 2 N–H and O–H groups in total. The fourth-order valence-electron chi connectivity index (χ4n) is 3.72. The lowest BCUT2D eigenvalue weighted by atomic mass is 9.68. The summed E-state index contributed by atoms with van der Waals surface area (Å²) in [6.45, 7) is 8.97. The molecule has 1 aliphatic heterocycles. The average molecular weight is 327 g/mol. The number of piperidine rings is 1. The fourth-order valence-corrected chi connectivity index (χ4v) is 3.72. The highest BCUT2D eigenvalue weighted by molar-refractivity contribution is 6.11. The highest BCUT2D eigenvalue weighted by Gasteiger charge is 2.39. The maximum Gasteiger partial charge on any atom is 0.123 e. The third-order valence-electron chi connectivity index (χ3n) is 5.22. The van der Waals surface area contributed by atoms with Gasteiger partial charge in [-0.15, -0.1) is 0 Å². The van der Waals surface area contributed by atoms with Crippen LogP contribution in [0.3, 0.4) is 0 Å². The summed E-state index contributed by atoms with van der Waals surface area (Å²) in [5.41, 5.74) is 10.2. The fraction of sp³-hybridized carbons (Fsp3) is 0.450. The van der Waals surface area contributed by atoms with E-state index >= 15 is 0 Å². The van der Waals surface area contributed by atoms with Crippen LogP contribution in [0.15, 0.2) is 52.7 Å². The molecule has 0 aromatic heterocycles. The van der Waals surface area contributed by atoms with E-state index in [1.165, 1.54) is 17.7 Å². The number of likely N-dealkylation sites (tertiary alicyclic amines) is 1. The van der Waals surface area contributed by atoms with Crippen molar-refractivity contribution in [2.45, 2.75) is 39.7 Å². The molecule has 0 amide bonds. The number of hydrogen-bond acceptors (Lipinski definition) is 3. The van der Waals surface area contributed by atoms with Gasteiger partial charge >= 0.3 is 0 Å². The van der Waals surface area contributed by atoms with E-state index in [-0.39, 0.29) is 11.2 Å². The van der Waals surface area contributed by atoms with E-state index in [4.69, 9.17) is 10.7 Å². The minimum atomic E-state index is -0.246. The van der Waals surface area contributed by atoms with E-state index in [0.717, 1.165) is 42.9 Å². The van der Waals surface area contributed by atoms with Crippen LogP contribution >= 0.6 is 0 Å². The Hall–Kier alpha value is -1.94. The van der Waals surface area contributed by atoms with Gasteiger partial charge in [-0.25, -0.2) is 9.38 Å². The van der Waals surface area contributed by atoms with Crippen LogP contribution in [0.5, 0.6) is 0 Å². The van der Waals surface area contributed by atoms with Gasteiger partial charge in [-0.05, 0) is 68.8 Å². The van der Waals surface area contributed by atoms with Crippen molar-refractivity contribution >= 4 is 11.4 Å². The van der Waals surface area contributed by atoms with Gasteiger partial charge in [-0.3, -0.25) is 4.90 Å². The molecule has 3 nitrogen and oxygen atoms in total. The molecule has 1 unspecified atom stereocenters. The number of hydrogen-bond donors (Lipinski definition) is 1. The van der Waals surface area contributed by atoms with Gasteiger partial charge in [0.2, 0.25) is 0 Å². The molecule has 1 aromatic rings. The van der Waals surface area contributed by atoms with Gasteiger partial charge in [0.25, 0.3) is 0 Å². The summed E-state index contributed by atoms with van der Waals surface area (Å²) >= 11 is 0. The molecule has 1 aromatic carbocycles. The molecule has 1 fully saturated rings. The molecule has 0 spiro atoms. The van der Waals surface area contributed by atoms with E-state index < -0.39 is 0 Å². The monoisotopic (exact) mass is 327 g/mol. The summed E-state index contributed by atoms with van der Waals surface area (Å²) in [6, 6.07) is 6.83. The van der Waals surface area contributed by atoms with Crippen LogP contribution in [0.25, 0.3) is 0 Å². The predicted molar refractivity (Wildman–Crippen MR) is 97.9 cm³/mol. The summed E-state index contributed by atoms with van der Waals surface area (Å²) in [4.78, 5) is 7.23. The highest BCUT2D eigenvalue weighted by Crippen LogP contribution is 2.44. The minimum absolute atomic E-state index is 0.121. The SMILES string of the molecule is CC(C)N1CCC2=CC(=Nc3ccc(F)cc3)C(=CN)CC2(C)C1. The highest BCUT2D eigenvalue weighted by atomic mass is 19.1. The Morgan fingerprint density at radius 3 is 2.62 bits per heavy atom. The number of halogens is 1. The van der Waals surface area contributed by atoms with Gasteiger partial charge in [0.1, 0.15) is 5.82 Å². The van der Waals surface area contributed by atoms with Gasteiger partial charge in [-0.2, -0.15) is 0 Å². The molecule has 3 rings (SSSR count). The molecule has 24 heavy (non-hydrogen) atoms. The average Bonchev–Trinajstić information content (AvgIpc) is 2.55. The lowest BCUT2D eigenvalue weighted by molar-refractivity contribution is 0.122. The molecule has 1 atom stereocenters. The summed E-state index contributed by atoms with van der Waals surface area (Å²) in [7, 11) is 0. The first kappa shape index (κ1) is 16.9. The van der Waals surface area contributed by atoms with Crippen molar-refractivity contribution in [3.05, 3.63) is 53.5 Å². The first-order valence-corrected chi connectivity index (χ1v) is 8.62. The zero-order valence-corrected chi connectivity index (χ0v) is 14.7. The summed E-state index contributed by atoms with van der Waals surface area (Å²) in [5.74, 6) is -0.246. The normalized spacial score (nSPS) is 28.3. The van der Waals surface area contributed by atoms with Crippen molar-refractivity contribution in [3.63, 3.8) is 0 Å². The molecule has 1 heterocycles. The van der Waals surface area contributed by atoms with Crippen molar-refractivity contribution < 1.29 is 4.39 Å². The lowest BCUT2D eigenvalue weighted by Crippen LogP contribution is -2.48. The van der Waals surface area contributed by atoms with E-state index in [0.29, 0.717) is 6.04 Å². The van der Waals surface area contributed by atoms with E-state index in [9.17, 15) is 4.39 Å². The van der Waals surface area contributed by atoms with Gasteiger partial charge in [0.05, 0.1) is 11.4 Å². The van der Waals surface area contributed by atoms with Crippen LogP contribution in [0.1, 0.15) is 33.6 Å². The largest absolute Gasteiger partial charge is 0.404 e. The number of rotatable bonds is 2. The molecular weight excluding hydrogens is 301 g/mol. The van der Waals surface area contributed by atoms with Crippen LogP contribution in [-0.4, -0.2) is 29.7 Å². The van der Waals surface area contributed by atoms with Crippen LogP contribution in [-0.2, 0) is 0 Å². The molecule has 0 radical (unpaired) electrons. The Balaban J connectivity index is 1.95. The number of nitrogens with zero attached hydrogens (tertiary/aromatic N) is 2. The molecular formula is C20H26FN3. The first-order chi connectivity index (χ1) is 11.4. The van der Waals surface area contributed by atoms with Crippen LogP contribution in [0, 0.1) is 11.2 Å². The van der Waals surface area contributed by atoms with Gasteiger partial charge in [-0.1, -0.05) is 12.5 Å². The standard InChI is InChI=1S/C20H26FN3/c1-14(2)24-9-8-16-10-19(15(12-22)11-20(16,3)13-24)23-18-6-4-17(21)5-7-18/h4-7,10,12,14H,8-9,11,13,22H2,1-3H3. The predicted octanol–water partition coefficient (Wildman–Crippen LogP) is 4.19. The van der Waals surface area contributed by atoms with Crippen LogP contribution in [0.2, 0.25) is 0 Å². The number of nitrogens with two attached hydrogens (primary N) is 1. The van der Waals surface area contributed by atoms with E-state index in [1.807, 2.05) is 0 Å². The quantitative estimate of drug-likeness (QED) is 0.885. The Bertz CT molecular complexity index is 700. The van der Waals surface area contributed by atoms with Crippen LogP contribution < -0.4 is 5.73 Å². The number of aliphatic imine (C=N–C) groups is 1. The molecule has 2 aliphatic rings. The van der Waals surface area contributed by atoms with E-state index in [2.05, 4.69) is 31.7 Å². The first-order valence-electron chi connectivity index (χ1n) is 8.62. The maximum absolute atomic E-state index is 13.1. The Kier molecular flexibility index (Phi) is 4.59. The van der Waals surface area contributed by atoms with Crippen molar-refractivity contribution in [1.29, 1.82) is 0 Å². The molecule has 1 aliphatic carbocycles. The number of fused-ring (bicyclic) bond motifs is 1. The van der Waals surface area contributed by atoms with Gasteiger partial charge in [0, 0.05) is 24.5 Å². The summed E-state index contributed by atoms with van der Waals surface area (Å²) in [5, 5.41) is 0. The summed E-state index contributed by atoms with van der Waals surface area (Å²) < 4.78 is 13.1. The minimum Gasteiger partial charge on any atom is -0.404 e. The third-order valence-corrected chi connectivity index (χ3v) is 5.22. The van der Waals surface area contributed by atoms with Gasteiger partial charge < -0.3 is 5.73 Å². The Morgan fingerprint density at radius 2 is 2.00 bits per heavy atom. The topological polar surface area (TPSA) is 41.6 Å². The number of benzene rings is 1. The van der Waals surface area contributed by atoms with Gasteiger partial charge in [0.15, 0.2) is 0 Å². The zero-order valence-electron chi connectivity index (χ0n) is 14.7. The molecule has 128 valence electrons. The lowest BCUT2D eigenvalue weighted by Gasteiger charge is -2.46. The molecule has 4 heteroatoms. The van der Waals surface area contributed by atoms with Crippen LogP contribution in [0.4, 0.5) is 10.1 Å². The molecule has 0 bridgehead atoms. The van der Waals surface area contributed by atoms with Crippen molar-refractivity contribution in [2.75, 3.05) is 13.1 Å². The third kappa shape index (κ3) is 3.29. The molecule has 0 saturated carbocycles. The Morgan fingerprint density at radius 1 is 1.29 bits per heavy atom. The Labute approximate surface area is 143 Å². The second-order valence-electron chi connectivity index (χ2n) is 7.39. The molecule has 1 saturated heterocycles. The smallest absolute Gasteiger partial charge is 0.123 e. The van der Waals surface area contributed by atoms with Crippen molar-refractivity contribution in [1.82, 2.24) is 4.90 Å². The number of allylic oxidation sites excluding steroid dienone is 2. The maximum atomic E-state index is 13.1. The van der Waals surface area contributed by atoms with Crippen molar-refractivity contribution in [2.24, 2.45) is 16.1 Å². The van der Waals surface area contributed by atoms with E-state index in [1.54, 1.807) is 18.3 Å².